The van der Waals surface area contributed by atoms with Crippen LogP contribution in [-0.2, 0) is 10.0 Å². The number of primary sulfonamides is 1. The summed E-state index contributed by atoms with van der Waals surface area (Å²) in [7, 11) is -2.45. The van der Waals surface area contributed by atoms with Crippen LogP contribution >= 0.6 is 0 Å². The van der Waals surface area contributed by atoms with E-state index in [0.717, 1.165) is 0 Å². The standard InChI is InChI=1S/C25H19FN4O4S/c1-34-17-9-7-16(8-10-17)30-14-29-21-13-28-23(25(31)24(21)30)19-11-6-15(12-20(19)26)18-4-2-3-5-22(18)35(27,32)33/h2-14,23H,1H3,(H2,27,32,33). The maximum atomic E-state index is 15.3. The first-order chi connectivity index (χ1) is 16.8. The fourth-order valence-corrected chi connectivity index (χ4v) is 4.83. The number of hydrogen-bond donors (Lipinski definition) is 1. The van der Waals surface area contributed by atoms with E-state index in [9.17, 15) is 13.2 Å². The predicted molar refractivity (Wildman–Crippen MR) is 128 cm³/mol. The maximum Gasteiger partial charge on any atom is 0.238 e. The van der Waals surface area contributed by atoms with Crippen LogP contribution in [-0.4, -0.2) is 37.1 Å². The number of hydrogen-bond acceptors (Lipinski definition) is 6. The molecule has 2 heterocycles. The average molecular weight is 491 g/mol. The van der Waals surface area contributed by atoms with Crippen molar-refractivity contribution in [1.29, 1.82) is 0 Å². The summed E-state index contributed by atoms with van der Waals surface area (Å²) in [6.45, 7) is 0. The van der Waals surface area contributed by atoms with E-state index in [1.165, 1.54) is 42.9 Å². The van der Waals surface area contributed by atoms with E-state index in [1.807, 2.05) is 0 Å². The highest BCUT2D eigenvalue weighted by Gasteiger charge is 2.32. The van der Waals surface area contributed by atoms with E-state index in [-0.39, 0.29) is 16.0 Å². The Hall–Kier alpha value is -4.15. The number of rotatable bonds is 5. The molecule has 0 spiro atoms. The minimum absolute atomic E-state index is 0.0659. The largest absolute Gasteiger partial charge is 0.497 e. The normalized spacial score (nSPS) is 15.2. The highest BCUT2D eigenvalue weighted by atomic mass is 32.2. The van der Waals surface area contributed by atoms with Crippen LogP contribution in [0, 0.1) is 5.82 Å². The monoisotopic (exact) mass is 490 g/mol. The van der Waals surface area contributed by atoms with Gasteiger partial charge in [0.2, 0.25) is 15.8 Å². The zero-order valence-corrected chi connectivity index (χ0v) is 19.2. The molecule has 0 fully saturated rings. The molecule has 10 heteroatoms. The summed E-state index contributed by atoms with van der Waals surface area (Å²) in [4.78, 5) is 21.8. The zero-order valence-electron chi connectivity index (χ0n) is 18.4. The van der Waals surface area contributed by atoms with Crippen LogP contribution in [0.3, 0.4) is 0 Å². The van der Waals surface area contributed by atoms with Gasteiger partial charge in [-0.3, -0.25) is 14.4 Å². The molecule has 0 aliphatic carbocycles. The number of aliphatic imine (C=N–C) groups is 1. The van der Waals surface area contributed by atoms with Gasteiger partial charge in [0.15, 0.2) is 0 Å². The molecule has 0 saturated carbocycles. The Labute approximate surface area is 200 Å². The average Bonchev–Trinajstić information content (AvgIpc) is 3.29. The molecule has 176 valence electrons. The van der Waals surface area contributed by atoms with E-state index < -0.39 is 27.7 Å². The Morgan fingerprint density at radius 1 is 1.06 bits per heavy atom. The van der Waals surface area contributed by atoms with Gasteiger partial charge in [-0.25, -0.2) is 22.9 Å². The number of nitrogens with two attached hydrogens (primary N) is 1. The summed E-state index contributed by atoms with van der Waals surface area (Å²) in [6, 6.07) is 16.2. The second-order valence-corrected chi connectivity index (χ2v) is 9.40. The van der Waals surface area contributed by atoms with Gasteiger partial charge in [0.05, 0.1) is 18.2 Å². The van der Waals surface area contributed by atoms with Gasteiger partial charge in [0.25, 0.3) is 0 Å². The third-order valence-corrected chi connectivity index (χ3v) is 6.74. The molecular formula is C25H19FN4O4S. The molecule has 3 aromatic carbocycles. The number of imidazole rings is 1. The molecule has 0 bridgehead atoms. The summed E-state index contributed by atoms with van der Waals surface area (Å²) in [5.41, 5.74) is 2.01. The molecule has 0 radical (unpaired) electrons. The number of carbonyl (C=O) groups is 1. The second-order valence-electron chi connectivity index (χ2n) is 7.87. The van der Waals surface area contributed by atoms with Gasteiger partial charge < -0.3 is 4.74 Å². The number of ether oxygens (including phenoxy) is 1. The maximum absolute atomic E-state index is 15.3. The van der Waals surface area contributed by atoms with Gasteiger partial charge in [0.1, 0.15) is 35.3 Å². The van der Waals surface area contributed by atoms with Crippen LogP contribution < -0.4 is 9.88 Å². The van der Waals surface area contributed by atoms with Crippen molar-refractivity contribution in [3.8, 4) is 22.6 Å². The molecule has 1 aliphatic rings. The van der Waals surface area contributed by atoms with Crippen LogP contribution in [0.4, 0.5) is 4.39 Å². The first-order valence-corrected chi connectivity index (χ1v) is 12.0. The molecule has 0 saturated heterocycles. The number of sulfonamides is 1. The van der Waals surface area contributed by atoms with E-state index in [0.29, 0.717) is 28.4 Å². The fourth-order valence-electron chi connectivity index (χ4n) is 4.07. The van der Waals surface area contributed by atoms with E-state index in [1.54, 1.807) is 48.1 Å². The van der Waals surface area contributed by atoms with Gasteiger partial charge >= 0.3 is 0 Å². The molecule has 2 N–H and O–H groups in total. The molecule has 8 nitrogen and oxygen atoms in total. The molecular weight excluding hydrogens is 471 g/mol. The minimum Gasteiger partial charge on any atom is -0.497 e. The molecule has 1 aliphatic heterocycles. The third kappa shape index (κ3) is 4.02. The van der Waals surface area contributed by atoms with Crippen LogP contribution in [0.15, 0.2) is 82.9 Å². The zero-order chi connectivity index (χ0) is 24.7. The van der Waals surface area contributed by atoms with Crippen LogP contribution in [0.2, 0.25) is 0 Å². The van der Waals surface area contributed by atoms with E-state index in [4.69, 9.17) is 9.88 Å². The van der Waals surface area contributed by atoms with Crippen molar-refractivity contribution in [2.75, 3.05) is 7.11 Å². The summed E-state index contributed by atoms with van der Waals surface area (Å²) >= 11 is 0. The number of fused-ring (bicyclic) bond motifs is 1. The van der Waals surface area contributed by atoms with Crippen molar-refractivity contribution in [3.05, 3.63) is 95.8 Å². The fraction of sp³-hybridized carbons (Fsp3) is 0.0800. The summed E-state index contributed by atoms with van der Waals surface area (Å²) in [5.74, 6) is -0.437. The molecule has 5 rings (SSSR count). The van der Waals surface area contributed by atoms with Crippen LogP contribution in [0.25, 0.3) is 16.8 Å². The highest BCUT2D eigenvalue weighted by molar-refractivity contribution is 7.89. The molecule has 1 unspecified atom stereocenters. The summed E-state index contributed by atoms with van der Waals surface area (Å²) in [5, 5.41) is 5.31. The van der Waals surface area contributed by atoms with Gasteiger partial charge in [-0.1, -0.05) is 30.3 Å². The van der Waals surface area contributed by atoms with Crippen molar-refractivity contribution in [1.82, 2.24) is 9.55 Å². The first kappa shape index (κ1) is 22.6. The third-order valence-electron chi connectivity index (χ3n) is 5.77. The minimum atomic E-state index is -4.01. The van der Waals surface area contributed by atoms with Gasteiger partial charge in [-0.2, -0.15) is 0 Å². The molecule has 35 heavy (non-hydrogen) atoms. The Morgan fingerprint density at radius 3 is 2.49 bits per heavy atom. The van der Waals surface area contributed by atoms with Crippen molar-refractivity contribution in [2.24, 2.45) is 10.1 Å². The SMILES string of the molecule is COc1ccc(-n2cnc3c2C(=O)C(c2ccc(-c4ccccc4S(N)(=O)=O)cc2F)N=C3)cc1. The first-order valence-electron chi connectivity index (χ1n) is 10.5. The summed E-state index contributed by atoms with van der Waals surface area (Å²) in [6.07, 6.45) is 2.97. The Morgan fingerprint density at radius 2 is 1.80 bits per heavy atom. The predicted octanol–water partition coefficient (Wildman–Crippen LogP) is 3.69. The van der Waals surface area contributed by atoms with Crippen molar-refractivity contribution >= 4 is 22.0 Å². The van der Waals surface area contributed by atoms with Gasteiger partial charge in [-0.05, 0) is 42.0 Å². The number of carbonyl (C=O) groups excluding carboxylic acids is 1. The molecule has 4 aromatic rings. The summed E-state index contributed by atoms with van der Waals surface area (Å²) < 4.78 is 46.0. The van der Waals surface area contributed by atoms with Crippen molar-refractivity contribution < 1.29 is 22.3 Å². The lowest BCUT2D eigenvalue weighted by atomic mass is 9.95. The quantitative estimate of drug-likeness (QED) is 0.458. The van der Waals surface area contributed by atoms with E-state index >= 15 is 4.39 Å². The molecule has 1 atom stereocenters. The number of halogens is 1. The smallest absolute Gasteiger partial charge is 0.238 e. The topological polar surface area (TPSA) is 117 Å². The highest BCUT2D eigenvalue weighted by Crippen LogP contribution is 2.34. The Balaban J connectivity index is 1.52. The van der Waals surface area contributed by atoms with Gasteiger partial charge in [-0.15, -0.1) is 0 Å². The number of aromatic nitrogens is 2. The lowest BCUT2D eigenvalue weighted by Gasteiger charge is -2.19. The lowest BCUT2D eigenvalue weighted by Crippen LogP contribution is -2.21. The van der Waals surface area contributed by atoms with E-state index in [2.05, 4.69) is 9.98 Å². The molecule has 0 amide bonds. The Bertz CT molecular complexity index is 1590. The second kappa shape index (κ2) is 8.57. The number of benzene rings is 3. The van der Waals surface area contributed by atoms with Crippen LogP contribution in [0.1, 0.15) is 27.8 Å². The van der Waals surface area contributed by atoms with Gasteiger partial charge in [0, 0.05) is 16.8 Å². The van der Waals surface area contributed by atoms with Crippen LogP contribution in [0.5, 0.6) is 5.75 Å². The van der Waals surface area contributed by atoms with Crippen molar-refractivity contribution in [3.63, 3.8) is 0 Å². The van der Waals surface area contributed by atoms with Crippen molar-refractivity contribution in [2.45, 2.75) is 10.9 Å². The number of ketones is 1. The number of Topliss-reactive ketones (excluding diaryl/α,β-unsaturated/α-hetero) is 1. The number of methoxy groups -OCH3 is 1. The Kier molecular flexibility index (Phi) is 5.54. The lowest BCUT2D eigenvalue weighted by molar-refractivity contribution is 0.0952. The molecule has 1 aromatic heterocycles. The number of nitrogens with zero attached hydrogens (tertiary/aromatic N) is 3.